The van der Waals surface area contributed by atoms with Crippen LogP contribution >= 0.6 is 0 Å². The summed E-state index contributed by atoms with van der Waals surface area (Å²) in [5.41, 5.74) is 8.22. The number of allylic oxidation sites excluding steroid dienone is 2. The maximum atomic E-state index is 14.1. The van der Waals surface area contributed by atoms with E-state index in [9.17, 15) is 14.7 Å². The van der Waals surface area contributed by atoms with Gasteiger partial charge in [0.1, 0.15) is 5.75 Å². The summed E-state index contributed by atoms with van der Waals surface area (Å²) >= 11 is 0. The van der Waals surface area contributed by atoms with E-state index in [0.29, 0.717) is 18.7 Å². The summed E-state index contributed by atoms with van der Waals surface area (Å²) in [6.07, 6.45) is 4.21. The molecule has 0 bridgehead atoms. The number of hydrogen-bond acceptors (Lipinski definition) is 5. The van der Waals surface area contributed by atoms with Crippen molar-refractivity contribution in [3.8, 4) is 5.75 Å². The first-order chi connectivity index (χ1) is 24.0. The molecule has 49 heavy (non-hydrogen) atoms. The molecule has 8 rings (SSSR count). The Labute approximate surface area is 286 Å². The number of amides is 2. The number of nitrogens with zero attached hydrogens (tertiary/aromatic N) is 1. The third-order valence-electron chi connectivity index (χ3n) is 10.4. The van der Waals surface area contributed by atoms with E-state index < -0.39 is 5.92 Å². The van der Waals surface area contributed by atoms with E-state index in [0.717, 1.165) is 46.1 Å². The predicted molar refractivity (Wildman–Crippen MR) is 195 cm³/mol. The van der Waals surface area contributed by atoms with Crippen molar-refractivity contribution in [3.05, 3.63) is 144 Å². The lowest BCUT2D eigenvalue weighted by Crippen LogP contribution is -2.34. The highest BCUT2D eigenvalue weighted by Gasteiger charge is 2.56. The molecular formula is C43H38N2O4. The Hall–Kier alpha value is -5.46. The molecule has 3 aliphatic rings. The lowest BCUT2D eigenvalue weighted by Gasteiger charge is -2.30. The number of phenols is 1. The molecule has 2 saturated heterocycles. The Morgan fingerprint density at radius 3 is 2.22 bits per heavy atom. The van der Waals surface area contributed by atoms with Crippen molar-refractivity contribution in [3.63, 3.8) is 0 Å². The van der Waals surface area contributed by atoms with Gasteiger partial charge in [-0.2, -0.15) is 0 Å². The van der Waals surface area contributed by atoms with Gasteiger partial charge in [-0.3, -0.25) is 14.5 Å². The maximum absolute atomic E-state index is 14.1. The third kappa shape index (κ3) is 5.72. The number of phenolic OH excluding ortho intramolecular Hbond substituents is 1. The molecule has 0 aromatic heterocycles. The highest BCUT2D eigenvalue weighted by Crippen LogP contribution is 2.50. The molecule has 6 nitrogen and oxygen atoms in total. The fourth-order valence-corrected chi connectivity index (χ4v) is 8.12. The SMILES string of the molecule is CC1=C2[C@@H](CC/C(=C/c3ccc(O)c4ccccc34)c3ccccc3)OC[C@@H]2[C@@H]2C(=O)N(c3ccc(Nc4ccccc4)cc3)C(=O)[C@@H]2C1. The smallest absolute Gasteiger partial charge is 0.238 e. The number of para-hydroxylation sites is 1. The molecule has 2 heterocycles. The van der Waals surface area contributed by atoms with Crippen molar-refractivity contribution in [2.45, 2.75) is 32.3 Å². The van der Waals surface area contributed by atoms with E-state index in [1.165, 1.54) is 21.6 Å². The van der Waals surface area contributed by atoms with Crippen LogP contribution in [0.4, 0.5) is 17.1 Å². The number of carbonyl (C=O) groups excluding carboxylic acids is 2. The van der Waals surface area contributed by atoms with Crippen LogP contribution in [0.15, 0.2) is 132 Å². The standard InChI is InChI=1S/C43H38N2O4/c1-27-24-36-41(43(48)45(42(36)47)33-20-18-32(19-21-33)44-31-12-6-3-7-13-31)37-26-49-39(40(27)37)23-17-29(28-10-4-2-5-11-28)25-30-16-22-38(46)35-15-9-8-14-34(30)35/h2-16,18-22,25,36-37,39,41,44,46H,17,23-24,26H2,1H3/b29-25-/t36-,37+,39-,41-/m1/s1. The zero-order valence-corrected chi connectivity index (χ0v) is 27.4. The first-order valence-corrected chi connectivity index (χ1v) is 17.0. The normalized spacial score (nSPS) is 22.1. The van der Waals surface area contributed by atoms with E-state index in [1.54, 1.807) is 6.07 Å². The van der Waals surface area contributed by atoms with Crippen molar-refractivity contribution in [2.75, 3.05) is 16.8 Å². The molecule has 4 atom stereocenters. The molecule has 2 amide bonds. The highest BCUT2D eigenvalue weighted by molar-refractivity contribution is 6.22. The van der Waals surface area contributed by atoms with Crippen LogP contribution < -0.4 is 10.2 Å². The van der Waals surface area contributed by atoms with Gasteiger partial charge in [0.2, 0.25) is 11.8 Å². The van der Waals surface area contributed by atoms with Gasteiger partial charge in [0.25, 0.3) is 0 Å². The van der Waals surface area contributed by atoms with Crippen molar-refractivity contribution in [1.82, 2.24) is 0 Å². The Morgan fingerprint density at radius 2 is 1.47 bits per heavy atom. The van der Waals surface area contributed by atoms with Gasteiger partial charge in [-0.15, -0.1) is 0 Å². The number of fused-ring (bicyclic) bond motifs is 4. The van der Waals surface area contributed by atoms with Crippen LogP contribution in [0.2, 0.25) is 0 Å². The molecule has 6 heteroatoms. The summed E-state index contributed by atoms with van der Waals surface area (Å²) in [5, 5.41) is 15.7. The van der Waals surface area contributed by atoms with Crippen molar-refractivity contribution >= 4 is 51.3 Å². The van der Waals surface area contributed by atoms with Crippen molar-refractivity contribution < 1.29 is 19.4 Å². The molecule has 5 aromatic carbocycles. The number of aromatic hydroxyl groups is 1. The van der Waals surface area contributed by atoms with Crippen LogP contribution in [0.3, 0.4) is 0 Å². The number of imide groups is 1. The maximum Gasteiger partial charge on any atom is 0.238 e. The minimum absolute atomic E-state index is 0.102. The van der Waals surface area contributed by atoms with Gasteiger partial charge in [-0.1, -0.05) is 90.5 Å². The van der Waals surface area contributed by atoms with Gasteiger partial charge >= 0.3 is 0 Å². The molecule has 244 valence electrons. The first-order valence-electron chi connectivity index (χ1n) is 17.0. The highest BCUT2D eigenvalue weighted by atomic mass is 16.5. The van der Waals surface area contributed by atoms with E-state index in [4.69, 9.17) is 4.74 Å². The number of anilines is 3. The van der Waals surface area contributed by atoms with Gasteiger partial charge in [0.05, 0.1) is 30.2 Å². The minimum Gasteiger partial charge on any atom is -0.507 e. The number of ether oxygens (including phenoxy) is 1. The minimum atomic E-state index is -0.411. The second-order valence-electron chi connectivity index (χ2n) is 13.3. The quantitative estimate of drug-likeness (QED) is 0.0999. The summed E-state index contributed by atoms with van der Waals surface area (Å²) in [5.74, 6) is -0.848. The number of nitrogens with one attached hydrogen (secondary N) is 1. The van der Waals surface area contributed by atoms with Crippen molar-refractivity contribution in [1.29, 1.82) is 0 Å². The van der Waals surface area contributed by atoms with Crippen LogP contribution in [-0.4, -0.2) is 29.6 Å². The Balaban J connectivity index is 1.02. The first kappa shape index (κ1) is 30.8. The average molecular weight is 647 g/mol. The van der Waals surface area contributed by atoms with Gasteiger partial charge in [0.15, 0.2) is 0 Å². The fraction of sp³-hybridized carbons (Fsp3) is 0.209. The Morgan fingerprint density at radius 1 is 0.796 bits per heavy atom. The molecule has 2 N–H and O–H groups in total. The van der Waals surface area contributed by atoms with E-state index >= 15 is 0 Å². The molecule has 0 spiro atoms. The van der Waals surface area contributed by atoms with E-state index in [-0.39, 0.29) is 35.5 Å². The monoisotopic (exact) mass is 646 g/mol. The molecular weight excluding hydrogens is 608 g/mol. The summed E-state index contributed by atoms with van der Waals surface area (Å²) in [4.78, 5) is 29.3. The molecule has 0 unspecified atom stereocenters. The molecule has 5 aromatic rings. The fourth-order valence-electron chi connectivity index (χ4n) is 8.12. The summed E-state index contributed by atoms with van der Waals surface area (Å²) in [6.45, 7) is 2.56. The number of hydrogen-bond donors (Lipinski definition) is 2. The Bertz CT molecular complexity index is 2100. The Kier molecular flexibility index (Phi) is 8.10. The number of benzene rings is 5. The van der Waals surface area contributed by atoms with Gasteiger partial charge in [-0.25, -0.2) is 0 Å². The van der Waals surface area contributed by atoms with Crippen LogP contribution in [0.5, 0.6) is 5.75 Å². The second kappa shape index (κ2) is 12.9. The van der Waals surface area contributed by atoms with Gasteiger partial charge in [0, 0.05) is 22.7 Å². The molecule has 0 radical (unpaired) electrons. The topological polar surface area (TPSA) is 78.9 Å². The second-order valence-corrected chi connectivity index (χ2v) is 13.3. The van der Waals surface area contributed by atoms with Crippen molar-refractivity contribution in [2.24, 2.45) is 17.8 Å². The molecule has 2 aliphatic heterocycles. The van der Waals surface area contributed by atoms with Crippen LogP contribution in [0, 0.1) is 17.8 Å². The zero-order chi connectivity index (χ0) is 33.5. The number of carbonyl (C=O) groups is 2. The molecule has 0 saturated carbocycles. The average Bonchev–Trinajstić information content (AvgIpc) is 3.67. The number of rotatable bonds is 8. The summed E-state index contributed by atoms with van der Waals surface area (Å²) < 4.78 is 6.49. The summed E-state index contributed by atoms with van der Waals surface area (Å²) in [6, 6.07) is 39.4. The van der Waals surface area contributed by atoms with Crippen LogP contribution in [-0.2, 0) is 14.3 Å². The zero-order valence-electron chi connectivity index (χ0n) is 27.4. The third-order valence-corrected chi connectivity index (χ3v) is 10.4. The summed E-state index contributed by atoms with van der Waals surface area (Å²) in [7, 11) is 0. The lowest BCUT2D eigenvalue weighted by atomic mass is 9.70. The largest absolute Gasteiger partial charge is 0.507 e. The van der Waals surface area contributed by atoms with Gasteiger partial charge < -0.3 is 15.2 Å². The molecule has 2 fully saturated rings. The lowest BCUT2D eigenvalue weighted by molar-refractivity contribution is -0.122. The van der Waals surface area contributed by atoms with Crippen LogP contribution in [0.1, 0.15) is 37.3 Å². The van der Waals surface area contributed by atoms with E-state index in [2.05, 4.69) is 42.6 Å². The van der Waals surface area contributed by atoms with Gasteiger partial charge in [-0.05, 0) is 96.3 Å². The predicted octanol–water partition coefficient (Wildman–Crippen LogP) is 9.15. The van der Waals surface area contributed by atoms with E-state index in [1.807, 2.05) is 91.0 Å². The molecule has 1 aliphatic carbocycles. The van der Waals surface area contributed by atoms with Crippen LogP contribution in [0.25, 0.3) is 22.4 Å².